The van der Waals surface area contributed by atoms with Crippen molar-refractivity contribution in [1.82, 2.24) is 0 Å². The number of halogens is 2. The van der Waals surface area contributed by atoms with E-state index in [-0.39, 0.29) is 51.0 Å². The average Bonchev–Trinajstić information content (AvgIpc) is 2.17. The Labute approximate surface area is 104 Å². The van der Waals surface area contributed by atoms with Crippen LogP contribution >= 0.6 is 24.8 Å². The van der Waals surface area contributed by atoms with Crippen molar-refractivity contribution in [2.75, 3.05) is 0 Å². The van der Waals surface area contributed by atoms with Crippen molar-refractivity contribution in [1.29, 1.82) is 0 Å². The van der Waals surface area contributed by atoms with Crippen LogP contribution in [0.5, 0.6) is 0 Å². The minimum Gasteiger partial charge on any atom is -0.273 e. The van der Waals surface area contributed by atoms with Crippen molar-refractivity contribution in [3.63, 3.8) is 0 Å². The van der Waals surface area contributed by atoms with Gasteiger partial charge >= 0.3 is 0 Å². The quantitative estimate of drug-likeness (QED) is 0.475. The molecule has 0 aromatic carbocycles. The molecule has 0 saturated heterocycles. The van der Waals surface area contributed by atoms with Crippen molar-refractivity contribution >= 4 is 34.3 Å². The van der Waals surface area contributed by atoms with E-state index in [0.29, 0.717) is 0 Å². The van der Waals surface area contributed by atoms with E-state index in [0.717, 1.165) is 15.9 Å². The molecule has 1 aliphatic carbocycles. The Kier molecular flexibility index (Phi) is 46.5. The summed E-state index contributed by atoms with van der Waals surface area (Å²) < 4.78 is 0. The van der Waals surface area contributed by atoms with Gasteiger partial charge in [0.25, 0.3) is 0 Å². The minimum atomic E-state index is 0. The molecule has 0 amide bonds. The summed E-state index contributed by atoms with van der Waals surface area (Å²) in [6.07, 6.45) is 10.0. The standard InChI is InChI=1S/C5H5.C2H7Si.2ClH.Zr/c1-2-4-5-3-1;1-3-2;;;/h1-3H,4H2;3H,1-2H3;2*1H;/q-1;;;;. The molecular formula is C7H14Cl2SiZr-. The Hall–Kier alpha value is 1.16. The molecule has 0 atom stereocenters. The van der Waals surface area contributed by atoms with Gasteiger partial charge in [0.1, 0.15) is 0 Å². The van der Waals surface area contributed by atoms with Gasteiger partial charge < -0.3 is 0 Å². The van der Waals surface area contributed by atoms with Gasteiger partial charge in [-0.3, -0.25) is 6.08 Å². The molecule has 1 radical (unpaired) electrons. The number of hydrogen-bond acceptors (Lipinski definition) is 0. The Morgan fingerprint density at radius 1 is 1.27 bits per heavy atom. The summed E-state index contributed by atoms with van der Waals surface area (Å²) in [5.41, 5.74) is 0. The van der Waals surface area contributed by atoms with Crippen molar-refractivity contribution in [2.45, 2.75) is 19.5 Å². The van der Waals surface area contributed by atoms with Crippen LogP contribution in [0.25, 0.3) is 0 Å². The van der Waals surface area contributed by atoms with Crippen LogP contribution < -0.4 is 0 Å². The number of hydrogen-bond donors (Lipinski definition) is 0. The second-order valence-electron chi connectivity index (χ2n) is 1.58. The maximum Gasteiger partial charge on any atom is 0.0213 e. The first-order valence-corrected chi connectivity index (χ1v) is 5.18. The first kappa shape index (κ1) is 22.7. The van der Waals surface area contributed by atoms with Crippen molar-refractivity contribution in [3.05, 3.63) is 24.3 Å². The van der Waals surface area contributed by atoms with E-state index in [1.165, 1.54) is 0 Å². The Bertz CT molecular complexity index is 84.4. The van der Waals surface area contributed by atoms with Gasteiger partial charge in [0.05, 0.1) is 0 Å². The van der Waals surface area contributed by atoms with Gasteiger partial charge in [0, 0.05) is 35.7 Å². The molecule has 0 saturated carbocycles. The molecule has 4 heteroatoms. The minimum absolute atomic E-state index is 0. The van der Waals surface area contributed by atoms with E-state index < -0.39 is 0 Å². The molecular weight excluding hydrogens is 274 g/mol. The Balaban J connectivity index is -0.0000000379. The van der Waals surface area contributed by atoms with Crippen LogP contribution in [-0.2, 0) is 26.2 Å². The molecule has 65 valence electrons. The largest absolute Gasteiger partial charge is 0.273 e. The van der Waals surface area contributed by atoms with E-state index in [9.17, 15) is 0 Å². The summed E-state index contributed by atoms with van der Waals surface area (Å²) in [7, 11) is 0.750. The SMILES string of the molecule is C[SiH]C.Cl.Cl.[C-]1=CC=CC1.[Zr]. The predicted octanol–water partition coefficient (Wildman–Crippen LogP) is 2.67. The van der Waals surface area contributed by atoms with Gasteiger partial charge in [-0.25, -0.2) is 12.2 Å². The fourth-order valence-corrected chi connectivity index (χ4v) is 0.340. The maximum atomic E-state index is 2.99. The maximum absolute atomic E-state index is 2.99. The van der Waals surface area contributed by atoms with E-state index in [1.807, 2.05) is 12.2 Å². The monoisotopic (exact) mass is 286 g/mol. The van der Waals surface area contributed by atoms with Gasteiger partial charge in [-0.15, -0.1) is 31.2 Å². The van der Waals surface area contributed by atoms with Crippen LogP contribution in [0.3, 0.4) is 0 Å². The van der Waals surface area contributed by atoms with Crippen molar-refractivity contribution < 1.29 is 26.2 Å². The summed E-state index contributed by atoms with van der Waals surface area (Å²) in [5, 5.41) is 0. The molecule has 0 bridgehead atoms. The molecule has 0 heterocycles. The fourth-order valence-electron chi connectivity index (χ4n) is 0.340. The second kappa shape index (κ2) is 22.5. The first-order chi connectivity index (χ1) is 3.91. The zero-order chi connectivity index (χ0) is 6.24. The average molecular weight is 288 g/mol. The summed E-state index contributed by atoms with van der Waals surface area (Å²) in [6.45, 7) is 4.42. The van der Waals surface area contributed by atoms with Gasteiger partial charge in [0.2, 0.25) is 0 Å². The van der Waals surface area contributed by atoms with Crippen LogP contribution in [0.4, 0.5) is 0 Å². The van der Waals surface area contributed by atoms with Crippen LogP contribution in [0.1, 0.15) is 6.42 Å². The third-order valence-corrected chi connectivity index (χ3v) is 0.586. The van der Waals surface area contributed by atoms with Gasteiger partial charge in [-0.05, 0) is 0 Å². The molecule has 11 heavy (non-hydrogen) atoms. The molecule has 0 aromatic heterocycles. The zero-order valence-corrected chi connectivity index (χ0v) is 12.1. The Morgan fingerprint density at radius 3 is 1.82 bits per heavy atom. The molecule has 1 rings (SSSR count). The summed E-state index contributed by atoms with van der Waals surface area (Å²) >= 11 is 0. The predicted molar refractivity (Wildman–Crippen MR) is 54.9 cm³/mol. The van der Waals surface area contributed by atoms with Crippen LogP contribution in [-0.4, -0.2) is 9.52 Å². The fraction of sp³-hybridized carbons (Fsp3) is 0.429. The topological polar surface area (TPSA) is 0 Å². The molecule has 0 nitrogen and oxygen atoms in total. The van der Waals surface area contributed by atoms with Crippen molar-refractivity contribution in [2.24, 2.45) is 0 Å². The van der Waals surface area contributed by atoms with Crippen LogP contribution in [0.2, 0.25) is 13.1 Å². The smallest absolute Gasteiger partial charge is 0.0213 e. The van der Waals surface area contributed by atoms with Crippen molar-refractivity contribution in [3.8, 4) is 0 Å². The molecule has 0 aliphatic heterocycles. The van der Waals surface area contributed by atoms with E-state index in [2.05, 4.69) is 25.2 Å². The van der Waals surface area contributed by atoms with Gasteiger partial charge in [0.15, 0.2) is 0 Å². The third kappa shape index (κ3) is 24.7. The number of rotatable bonds is 0. The molecule has 0 N–H and O–H groups in total. The second-order valence-corrected chi connectivity index (χ2v) is 2.74. The molecule has 0 spiro atoms. The molecule has 0 unspecified atom stereocenters. The summed E-state index contributed by atoms with van der Waals surface area (Å²) in [4.78, 5) is 0. The first-order valence-electron chi connectivity index (χ1n) is 2.87. The van der Waals surface area contributed by atoms with Crippen LogP contribution in [0, 0.1) is 6.08 Å². The van der Waals surface area contributed by atoms with Gasteiger partial charge in [-0.1, -0.05) is 13.1 Å². The van der Waals surface area contributed by atoms with E-state index in [1.54, 1.807) is 0 Å². The number of allylic oxidation sites excluding steroid dienone is 4. The van der Waals surface area contributed by atoms with Gasteiger partial charge in [-0.2, -0.15) is 6.08 Å². The molecule has 0 fully saturated rings. The van der Waals surface area contributed by atoms with Crippen LogP contribution in [0.15, 0.2) is 18.2 Å². The van der Waals surface area contributed by atoms with E-state index >= 15 is 0 Å². The van der Waals surface area contributed by atoms with E-state index in [4.69, 9.17) is 0 Å². The normalized spacial score (nSPS) is 9.64. The summed E-state index contributed by atoms with van der Waals surface area (Å²) in [6, 6.07) is 0. The molecule has 1 aliphatic rings. The zero-order valence-electron chi connectivity index (χ0n) is 6.83. The summed E-state index contributed by atoms with van der Waals surface area (Å²) in [5.74, 6) is 0. The molecule has 0 aromatic rings. The Morgan fingerprint density at radius 2 is 1.73 bits per heavy atom. The third-order valence-electron chi connectivity index (χ3n) is 0.586.